The third-order valence-electron chi connectivity index (χ3n) is 20.2. The fourth-order valence-corrected chi connectivity index (χ4v) is 15.3. The van der Waals surface area contributed by atoms with Crippen LogP contribution in [0.2, 0.25) is 10.0 Å². The smallest absolute Gasteiger partial charge is 0.418 e. The molecule has 96 heavy (non-hydrogen) atoms. The van der Waals surface area contributed by atoms with E-state index in [1.807, 2.05) is 48.5 Å². The van der Waals surface area contributed by atoms with E-state index in [0.29, 0.717) is 75.3 Å². The Morgan fingerprint density at radius 3 is 1.34 bits per heavy atom. The Labute approximate surface area is 562 Å². The van der Waals surface area contributed by atoms with E-state index < -0.39 is 82.1 Å². The number of nitrogen functional groups attached to an aromatic ring is 2. The number of anilines is 4. The van der Waals surface area contributed by atoms with Crippen molar-refractivity contribution in [2.75, 3.05) is 134 Å². The highest BCUT2D eigenvalue weighted by Crippen LogP contribution is 2.44. The van der Waals surface area contributed by atoms with E-state index in [4.69, 9.17) is 44.1 Å². The lowest BCUT2D eigenvalue weighted by molar-refractivity contribution is -0.143. The van der Waals surface area contributed by atoms with Gasteiger partial charge in [-0.15, -0.1) is 0 Å². The van der Waals surface area contributed by atoms with Crippen molar-refractivity contribution in [1.82, 2.24) is 50.2 Å². The number of hydrogen-bond donors (Lipinski definition) is 7. The van der Waals surface area contributed by atoms with Crippen LogP contribution in [0.5, 0.6) is 0 Å². The van der Waals surface area contributed by atoms with Crippen LogP contribution in [0, 0.1) is 0 Å². The first-order valence-electron chi connectivity index (χ1n) is 32.8. The minimum Gasteiger partial charge on any atom is -0.436 e. The van der Waals surface area contributed by atoms with Gasteiger partial charge in [0.2, 0.25) is 0 Å². The number of benzene rings is 4. The zero-order valence-electron chi connectivity index (χ0n) is 53.4. The molecule has 12 rings (SSSR count). The van der Waals surface area contributed by atoms with Crippen molar-refractivity contribution in [3.05, 3.63) is 116 Å². The lowest BCUT2D eigenvalue weighted by atomic mass is 9.79. The van der Waals surface area contributed by atoms with E-state index >= 15 is 0 Å². The maximum absolute atomic E-state index is 14.0. The van der Waals surface area contributed by atoms with Crippen LogP contribution in [-0.2, 0) is 55.3 Å². The van der Waals surface area contributed by atoms with Crippen LogP contribution in [0.15, 0.2) is 72.8 Å². The van der Waals surface area contributed by atoms with Crippen LogP contribution >= 0.6 is 23.2 Å². The quantitative estimate of drug-likeness (QED) is 0.0579. The summed E-state index contributed by atoms with van der Waals surface area (Å²) in [7, 11) is 2.12. The first-order chi connectivity index (χ1) is 45.8. The summed E-state index contributed by atoms with van der Waals surface area (Å²) in [6.07, 6.45) is -8.71. The van der Waals surface area contributed by atoms with Gasteiger partial charge in [0.25, 0.3) is 11.8 Å². The summed E-state index contributed by atoms with van der Waals surface area (Å²) >= 11 is 12.2. The summed E-state index contributed by atoms with van der Waals surface area (Å²) in [4.78, 5) is 93.5. The molecule has 8 amide bonds. The summed E-state index contributed by atoms with van der Waals surface area (Å²) in [5.74, 6) is -0.927. The molecule has 0 aliphatic carbocycles. The molecule has 30 heteroatoms. The number of rotatable bonds is 10. The number of nitrogens with zero attached hydrogens (tertiary/aromatic N) is 7. The molecule has 8 heterocycles. The van der Waals surface area contributed by atoms with Gasteiger partial charge in [0.15, 0.2) is 12.2 Å². The predicted molar refractivity (Wildman–Crippen MR) is 349 cm³/mol. The third-order valence-corrected chi connectivity index (χ3v) is 20.8. The van der Waals surface area contributed by atoms with E-state index in [0.717, 1.165) is 108 Å². The highest BCUT2D eigenvalue weighted by molar-refractivity contribution is 6.33. The molecule has 2 atom stereocenters. The van der Waals surface area contributed by atoms with Crippen LogP contribution in [0.1, 0.15) is 91.2 Å². The number of piperidine rings is 4. The second-order valence-corrected chi connectivity index (χ2v) is 27.0. The second kappa shape index (κ2) is 29.3. The van der Waals surface area contributed by atoms with Gasteiger partial charge in [-0.2, -0.15) is 26.3 Å². The Morgan fingerprint density at radius 1 is 0.542 bits per heavy atom. The van der Waals surface area contributed by atoms with Crippen molar-refractivity contribution < 1.29 is 64.6 Å². The molecule has 6 saturated heterocycles. The number of piperazine rings is 1. The standard InChI is InChI=1S/C34H43ClF3N7O4.C32H39ClF3N7O4/c1-42-11-4-12-43(18-17-42)23-7-13-44(14-8-23)30(46)28(21-22-19-25(34(36,37)38)29(39)26(35)20-22)49-32(48)45-15-9-33(10-16-45)24-5-2-3-6-27(24)40-31(47)41-33;33-24-18-20(17-23(27(24)37)32(34,35)36)19-26(28(44)42-11-5-21(6-12-42)41-15-9-38-10-16-41)47-30(46)43-13-7-31(8-14-43)22-3-1-2-4-25(22)39-29(45)40-31/h2-3,5-6,19-20,23,28H,4,7-18,21,39H2,1H3,(H2,40,41,47);1-4,17-18,21,26,38H,5-16,19,37H2,(H2,39,40,45)/t28-;26-/m11/s1. The van der Waals surface area contributed by atoms with Gasteiger partial charge in [0.1, 0.15) is 0 Å². The number of fused-ring (bicyclic) bond motifs is 4. The Kier molecular flexibility index (Phi) is 21.3. The topological polar surface area (TPSA) is 256 Å². The number of amides is 8. The van der Waals surface area contributed by atoms with Crippen molar-refractivity contribution in [2.45, 2.75) is 118 Å². The Balaban J connectivity index is 0.000000195. The molecular weight excluding hydrogens is 1300 g/mol. The van der Waals surface area contributed by atoms with Crippen molar-refractivity contribution >= 4 is 82.0 Å². The zero-order chi connectivity index (χ0) is 68.3. The number of para-hydroxylation sites is 2. The lowest BCUT2D eigenvalue weighted by Gasteiger charge is -2.45. The third kappa shape index (κ3) is 15.9. The number of nitrogens with one attached hydrogen (secondary N) is 5. The molecule has 8 aliphatic heterocycles. The first kappa shape index (κ1) is 69.8. The molecule has 0 radical (unpaired) electrons. The monoisotopic (exact) mass is 1380 g/mol. The SMILES string of the molecule is CN1CCCN(C2CCN(C(=O)[C@@H](Cc3cc(Cl)c(N)c(C(F)(F)F)c3)OC(=O)N3CCC4(CC3)NC(=O)Nc3ccccc34)CC2)CC1.Nc1c(Cl)cc(C[C@@H](OC(=O)N2CCC3(CC2)NC(=O)Nc2ccccc23)C(=O)N2CCC(N3CCNCC3)CC2)cc1C(F)(F)F. The summed E-state index contributed by atoms with van der Waals surface area (Å²) in [5, 5.41) is 14.4. The largest absolute Gasteiger partial charge is 0.436 e. The fraction of sp³-hybridized carbons (Fsp3) is 0.545. The molecule has 0 unspecified atom stereocenters. The minimum atomic E-state index is -4.77. The minimum absolute atomic E-state index is 0.0741. The van der Waals surface area contributed by atoms with Crippen LogP contribution in [0.25, 0.3) is 0 Å². The number of alkyl halides is 6. The number of carbonyl (C=O) groups is 6. The molecule has 9 N–H and O–H groups in total. The van der Waals surface area contributed by atoms with Crippen LogP contribution < -0.4 is 38.1 Å². The summed E-state index contributed by atoms with van der Waals surface area (Å²) in [6, 6.07) is 19.2. The Morgan fingerprint density at radius 2 is 0.938 bits per heavy atom. The van der Waals surface area contributed by atoms with Gasteiger partial charge in [-0.05, 0) is 125 Å². The maximum Gasteiger partial charge on any atom is 0.418 e. The van der Waals surface area contributed by atoms with Gasteiger partial charge in [-0.25, -0.2) is 19.2 Å². The second-order valence-electron chi connectivity index (χ2n) is 26.2. The average Bonchev–Trinajstić information content (AvgIpc) is 0.793. The van der Waals surface area contributed by atoms with E-state index in [1.165, 1.54) is 21.9 Å². The molecular formula is C66H82Cl2F6N14O8. The highest BCUT2D eigenvalue weighted by Gasteiger charge is 2.47. The van der Waals surface area contributed by atoms with Crippen LogP contribution in [-0.4, -0.2) is 206 Å². The fourth-order valence-electron chi connectivity index (χ4n) is 14.8. The number of halogens is 8. The van der Waals surface area contributed by atoms with Crippen LogP contribution in [0.4, 0.5) is 68.3 Å². The van der Waals surface area contributed by atoms with Crippen molar-refractivity contribution in [3.8, 4) is 0 Å². The maximum atomic E-state index is 14.0. The highest BCUT2D eigenvalue weighted by atomic mass is 35.5. The van der Waals surface area contributed by atoms with Gasteiger partial charge in [0.05, 0.1) is 43.6 Å². The molecule has 4 aromatic carbocycles. The number of carbonyl (C=O) groups excluding carboxylic acids is 6. The van der Waals surface area contributed by atoms with Gasteiger partial charge in [-0.3, -0.25) is 19.4 Å². The van der Waals surface area contributed by atoms with E-state index in [-0.39, 0.29) is 72.3 Å². The molecule has 2 spiro atoms. The molecule has 0 bridgehead atoms. The number of hydrogen-bond acceptors (Lipinski definition) is 14. The number of likely N-dealkylation sites (N-methyl/N-ethyl adjacent to an activating group) is 1. The Bertz CT molecular complexity index is 3520. The predicted octanol–water partition coefficient (Wildman–Crippen LogP) is 8.75. The van der Waals surface area contributed by atoms with E-state index in [1.54, 1.807) is 9.80 Å². The van der Waals surface area contributed by atoms with Gasteiger partial charge in [-0.1, -0.05) is 59.6 Å². The van der Waals surface area contributed by atoms with E-state index in [2.05, 4.69) is 48.3 Å². The van der Waals surface area contributed by atoms with Gasteiger partial charge >= 0.3 is 36.6 Å². The summed E-state index contributed by atoms with van der Waals surface area (Å²) in [5.41, 5.74) is 9.93. The van der Waals surface area contributed by atoms with Crippen molar-refractivity contribution in [3.63, 3.8) is 0 Å². The average molecular weight is 1380 g/mol. The molecule has 6 fully saturated rings. The number of ether oxygens (including phenoxy) is 2. The van der Waals surface area contributed by atoms with Gasteiger partial charge in [0, 0.05) is 139 Å². The number of likely N-dealkylation sites (tertiary alicyclic amines) is 4. The van der Waals surface area contributed by atoms with Crippen molar-refractivity contribution in [2.24, 2.45) is 0 Å². The molecule has 4 aromatic rings. The molecule has 0 aromatic heterocycles. The summed E-state index contributed by atoms with van der Waals surface area (Å²) < 4.78 is 94.4. The van der Waals surface area contributed by atoms with E-state index in [9.17, 15) is 55.1 Å². The summed E-state index contributed by atoms with van der Waals surface area (Å²) in [6.45, 7) is 10.4. The normalized spacial score (nSPS) is 21.2. The van der Waals surface area contributed by atoms with Crippen LogP contribution in [0.3, 0.4) is 0 Å². The Hall–Kier alpha value is -7.50. The molecule has 22 nitrogen and oxygen atoms in total. The number of nitrogens with two attached hydrogens (primary N) is 2. The lowest BCUT2D eigenvalue weighted by Crippen LogP contribution is -2.58. The number of urea groups is 2. The van der Waals surface area contributed by atoms with Crippen molar-refractivity contribution in [1.29, 1.82) is 0 Å². The molecule has 0 saturated carbocycles. The van der Waals surface area contributed by atoms with Gasteiger partial charge < -0.3 is 72.0 Å². The first-order valence-corrected chi connectivity index (χ1v) is 33.6. The molecule has 520 valence electrons. The zero-order valence-corrected chi connectivity index (χ0v) is 54.9. The molecule has 8 aliphatic rings.